The van der Waals surface area contributed by atoms with Gasteiger partial charge in [0.05, 0.1) is 0 Å². The minimum atomic E-state index is -0.157. The highest BCUT2D eigenvalue weighted by atomic mass is 16.3. The van der Waals surface area contributed by atoms with Gasteiger partial charge < -0.3 is 10.0 Å². The van der Waals surface area contributed by atoms with Gasteiger partial charge in [-0.15, -0.1) is 0 Å². The third-order valence-corrected chi connectivity index (χ3v) is 1.40. The molecule has 0 saturated carbocycles. The average Bonchev–Trinajstić information content (AvgIpc) is 1.89. The average molecular weight is 145 g/mol. The number of unbranched alkanes of at least 4 members (excludes halogenated alkanes) is 1. The topological polar surface area (TPSA) is 40.5 Å². The molecule has 1 amide bonds. The van der Waals surface area contributed by atoms with Crippen molar-refractivity contribution in [3.8, 4) is 0 Å². The van der Waals surface area contributed by atoms with Gasteiger partial charge in [0.15, 0.2) is 0 Å². The van der Waals surface area contributed by atoms with E-state index in [-0.39, 0.29) is 12.6 Å². The van der Waals surface area contributed by atoms with Crippen molar-refractivity contribution in [1.82, 2.24) is 4.90 Å². The van der Waals surface area contributed by atoms with Crippen molar-refractivity contribution < 1.29 is 9.90 Å². The number of hydrogen-bond acceptors (Lipinski definition) is 2. The van der Waals surface area contributed by atoms with Gasteiger partial charge in [0.25, 0.3) is 0 Å². The third-order valence-electron chi connectivity index (χ3n) is 1.40. The molecule has 0 unspecified atom stereocenters. The van der Waals surface area contributed by atoms with Crippen LogP contribution in [-0.4, -0.2) is 29.2 Å². The van der Waals surface area contributed by atoms with Crippen LogP contribution in [0.5, 0.6) is 0 Å². The standard InChI is InChI=1S/C7H15NO2/c1-3-4-5-8(6-9)7(2)10/h9H,3-6H2,1-2H3. The van der Waals surface area contributed by atoms with Crippen molar-refractivity contribution in [2.75, 3.05) is 13.3 Å². The SMILES string of the molecule is CCCCN(CO)C(C)=O. The maximum absolute atomic E-state index is 10.6. The Morgan fingerprint density at radius 2 is 2.20 bits per heavy atom. The van der Waals surface area contributed by atoms with Gasteiger partial charge in [-0.3, -0.25) is 4.79 Å². The van der Waals surface area contributed by atoms with Crippen LogP contribution in [0.25, 0.3) is 0 Å². The molecule has 10 heavy (non-hydrogen) atoms. The number of amides is 1. The Hall–Kier alpha value is -0.570. The number of nitrogens with zero attached hydrogens (tertiary/aromatic N) is 1. The van der Waals surface area contributed by atoms with Crippen molar-refractivity contribution in [3.63, 3.8) is 0 Å². The molecular formula is C7H15NO2. The molecule has 0 aromatic rings. The second kappa shape index (κ2) is 5.23. The van der Waals surface area contributed by atoms with Crippen LogP contribution in [0.3, 0.4) is 0 Å². The molecule has 0 aliphatic heterocycles. The number of aliphatic hydroxyl groups is 1. The van der Waals surface area contributed by atoms with E-state index < -0.39 is 0 Å². The predicted octanol–water partition coefficient (Wildman–Crippen LogP) is 0.585. The maximum Gasteiger partial charge on any atom is 0.221 e. The smallest absolute Gasteiger partial charge is 0.221 e. The van der Waals surface area contributed by atoms with Gasteiger partial charge in [0.1, 0.15) is 6.73 Å². The van der Waals surface area contributed by atoms with Gasteiger partial charge in [-0.25, -0.2) is 0 Å². The first-order valence-electron chi connectivity index (χ1n) is 3.58. The van der Waals surface area contributed by atoms with E-state index in [2.05, 4.69) is 6.92 Å². The Kier molecular flexibility index (Phi) is 4.94. The highest BCUT2D eigenvalue weighted by molar-refractivity contribution is 5.72. The molecule has 3 nitrogen and oxygen atoms in total. The first kappa shape index (κ1) is 9.43. The van der Waals surface area contributed by atoms with E-state index in [0.717, 1.165) is 12.8 Å². The summed E-state index contributed by atoms with van der Waals surface area (Å²) in [5.41, 5.74) is 0. The molecule has 0 saturated heterocycles. The summed E-state index contributed by atoms with van der Waals surface area (Å²) in [4.78, 5) is 12.1. The van der Waals surface area contributed by atoms with Gasteiger partial charge in [0.2, 0.25) is 5.91 Å². The summed E-state index contributed by atoms with van der Waals surface area (Å²) in [6.45, 7) is 4.03. The number of aliphatic hydroxyl groups excluding tert-OH is 1. The van der Waals surface area contributed by atoms with Gasteiger partial charge in [-0.1, -0.05) is 13.3 Å². The quantitative estimate of drug-likeness (QED) is 0.588. The summed E-state index contributed by atoms with van der Waals surface area (Å²) >= 11 is 0. The highest BCUT2D eigenvalue weighted by Gasteiger charge is 2.03. The monoisotopic (exact) mass is 145 g/mol. The summed E-state index contributed by atoms with van der Waals surface area (Å²) < 4.78 is 0. The maximum atomic E-state index is 10.6. The van der Waals surface area contributed by atoms with Crippen LogP contribution in [-0.2, 0) is 4.79 Å². The molecule has 0 aromatic heterocycles. The lowest BCUT2D eigenvalue weighted by Gasteiger charge is -2.16. The zero-order chi connectivity index (χ0) is 7.98. The summed E-state index contributed by atoms with van der Waals surface area (Å²) in [6.07, 6.45) is 2.00. The van der Waals surface area contributed by atoms with Gasteiger partial charge >= 0.3 is 0 Å². The van der Waals surface area contributed by atoms with Crippen LogP contribution >= 0.6 is 0 Å². The van der Waals surface area contributed by atoms with Gasteiger partial charge in [-0.2, -0.15) is 0 Å². The highest BCUT2D eigenvalue weighted by Crippen LogP contribution is 1.93. The Balaban J connectivity index is 3.50. The number of carbonyl (C=O) groups is 1. The van der Waals surface area contributed by atoms with E-state index in [1.54, 1.807) is 0 Å². The lowest BCUT2D eigenvalue weighted by atomic mass is 10.3. The van der Waals surface area contributed by atoms with E-state index in [1.807, 2.05) is 0 Å². The Bertz CT molecular complexity index is 104. The molecule has 1 N–H and O–H groups in total. The fourth-order valence-electron chi connectivity index (χ4n) is 0.677. The Morgan fingerprint density at radius 1 is 1.60 bits per heavy atom. The first-order chi connectivity index (χ1) is 4.72. The van der Waals surface area contributed by atoms with E-state index >= 15 is 0 Å². The molecule has 0 rings (SSSR count). The van der Waals surface area contributed by atoms with E-state index in [1.165, 1.54) is 11.8 Å². The van der Waals surface area contributed by atoms with Crippen LogP contribution in [0.4, 0.5) is 0 Å². The number of hydrogen-bond donors (Lipinski definition) is 1. The normalized spacial score (nSPS) is 9.50. The molecule has 0 aliphatic carbocycles. The lowest BCUT2D eigenvalue weighted by molar-refractivity contribution is -0.132. The molecule has 0 fully saturated rings. The second-order valence-corrected chi connectivity index (χ2v) is 2.28. The summed E-state index contributed by atoms with van der Waals surface area (Å²) in [5.74, 6) is -0.0593. The van der Waals surface area contributed by atoms with Crippen molar-refractivity contribution in [1.29, 1.82) is 0 Å². The Morgan fingerprint density at radius 3 is 2.50 bits per heavy atom. The molecule has 0 radical (unpaired) electrons. The van der Waals surface area contributed by atoms with Gasteiger partial charge in [0, 0.05) is 13.5 Å². The minimum Gasteiger partial charge on any atom is -0.376 e. The van der Waals surface area contributed by atoms with E-state index in [4.69, 9.17) is 5.11 Å². The van der Waals surface area contributed by atoms with Crippen LogP contribution < -0.4 is 0 Å². The van der Waals surface area contributed by atoms with Crippen molar-refractivity contribution in [2.45, 2.75) is 26.7 Å². The second-order valence-electron chi connectivity index (χ2n) is 2.28. The minimum absolute atomic E-state index is 0.0593. The van der Waals surface area contributed by atoms with Crippen LogP contribution in [0.15, 0.2) is 0 Å². The van der Waals surface area contributed by atoms with E-state index in [0.29, 0.717) is 6.54 Å². The molecule has 60 valence electrons. The zero-order valence-corrected chi connectivity index (χ0v) is 6.63. The van der Waals surface area contributed by atoms with Crippen molar-refractivity contribution in [2.24, 2.45) is 0 Å². The van der Waals surface area contributed by atoms with Crippen LogP contribution in [0.2, 0.25) is 0 Å². The molecule has 0 aliphatic rings. The molecule has 0 aromatic carbocycles. The summed E-state index contributed by atoms with van der Waals surface area (Å²) in [7, 11) is 0. The molecule has 0 bridgehead atoms. The molecule has 0 spiro atoms. The predicted molar refractivity (Wildman–Crippen MR) is 39.4 cm³/mol. The zero-order valence-electron chi connectivity index (χ0n) is 6.63. The van der Waals surface area contributed by atoms with Gasteiger partial charge in [-0.05, 0) is 6.42 Å². The number of rotatable bonds is 4. The fraction of sp³-hybridized carbons (Fsp3) is 0.857. The molecule has 0 heterocycles. The summed E-state index contributed by atoms with van der Waals surface area (Å²) in [6, 6.07) is 0. The molecule has 3 heteroatoms. The number of carbonyl (C=O) groups excluding carboxylic acids is 1. The lowest BCUT2D eigenvalue weighted by Crippen LogP contribution is -2.30. The largest absolute Gasteiger partial charge is 0.376 e. The summed E-state index contributed by atoms with van der Waals surface area (Å²) in [5, 5.41) is 8.63. The third kappa shape index (κ3) is 3.45. The molecule has 0 atom stereocenters. The fourth-order valence-corrected chi connectivity index (χ4v) is 0.677. The molecular weight excluding hydrogens is 130 g/mol. The van der Waals surface area contributed by atoms with Crippen LogP contribution in [0.1, 0.15) is 26.7 Å². The first-order valence-corrected chi connectivity index (χ1v) is 3.58. The Labute approximate surface area is 61.6 Å². The van der Waals surface area contributed by atoms with Crippen LogP contribution in [0, 0.1) is 0 Å². The van der Waals surface area contributed by atoms with Crippen molar-refractivity contribution >= 4 is 5.91 Å². The van der Waals surface area contributed by atoms with E-state index in [9.17, 15) is 4.79 Å². The van der Waals surface area contributed by atoms with Crippen molar-refractivity contribution in [3.05, 3.63) is 0 Å².